The third-order valence-electron chi connectivity index (χ3n) is 2.45. The first kappa shape index (κ1) is 16.4. The van der Waals surface area contributed by atoms with E-state index in [-0.39, 0.29) is 17.9 Å². The van der Waals surface area contributed by atoms with Crippen LogP contribution in [-0.2, 0) is 6.42 Å². The number of hydrogen-bond acceptors (Lipinski definition) is 4. The van der Waals surface area contributed by atoms with Gasteiger partial charge in [-0.25, -0.2) is 0 Å². The number of pyridine rings is 1. The number of hydrogen-bond donors (Lipinski definition) is 0. The monoisotopic (exact) mass is 291 g/mol. The van der Waals surface area contributed by atoms with Crippen LogP contribution in [0.4, 0.5) is 14.3 Å². The van der Waals surface area contributed by atoms with E-state index in [2.05, 4.69) is 4.98 Å². The Labute approximate surface area is 120 Å². The van der Waals surface area contributed by atoms with Crippen LogP contribution in [0, 0.1) is 10.1 Å². The zero-order valence-corrected chi connectivity index (χ0v) is 10.8. The predicted molar refractivity (Wildman–Crippen MR) is 73.3 cm³/mol. The molecule has 0 amide bonds. The standard InChI is InChI=1S/C13H10N2O3.BF2/c16-13(10-4-2-1-3-5-10)9-11-8-12(15(17)18)6-7-14-11;2-1-3/h1-8H,9H2;. The number of rotatable bonds is 4. The molecular weight excluding hydrogens is 281 g/mol. The molecule has 0 atom stereocenters. The van der Waals surface area contributed by atoms with E-state index in [1.54, 1.807) is 24.3 Å². The van der Waals surface area contributed by atoms with Gasteiger partial charge in [0.1, 0.15) is 0 Å². The number of Topliss-reactive ketones (excluding diaryl/α,β-unsaturated/α-hetero) is 1. The van der Waals surface area contributed by atoms with Crippen molar-refractivity contribution in [3.8, 4) is 0 Å². The molecule has 0 saturated carbocycles. The van der Waals surface area contributed by atoms with Crippen LogP contribution < -0.4 is 0 Å². The summed E-state index contributed by atoms with van der Waals surface area (Å²) < 4.78 is 19.0. The van der Waals surface area contributed by atoms with Gasteiger partial charge in [0.05, 0.1) is 17.0 Å². The van der Waals surface area contributed by atoms with Gasteiger partial charge >= 0.3 is 7.83 Å². The minimum Gasteiger partial charge on any atom is -0.294 e. The molecule has 0 unspecified atom stereocenters. The number of carbonyl (C=O) groups is 1. The highest BCUT2D eigenvalue weighted by Gasteiger charge is 2.11. The molecule has 0 aliphatic rings. The fourth-order valence-electron chi connectivity index (χ4n) is 1.57. The van der Waals surface area contributed by atoms with Gasteiger partial charge in [-0.3, -0.25) is 28.5 Å². The summed E-state index contributed by atoms with van der Waals surface area (Å²) in [5.41, 5.74) is 0.921. The Morgan fingerprint density at radius 3 is 2.43 bits per heavy atom. The number of nitrogens with zero attached hydrogens (tertiary/aromatic N) is 2. The van der Waals surface area contributed by atoms with Gasteiger partial charge in [-0.2, -0.15) is 0 Å². The summed E-state index contributed by atoms with van der Waals surface area (Å²) in [5, 5.41) is 10.6. The number of carbonyl (C=O) groups excluding carboxylic acids is 1. The second-order valence-electron chi connectivity index (χ2n) is 3.81. The highest BCUT2D eigenvalue weighted by Crippen LogP contribution is 2.12. The molecule has 0 bridgehead atoms. The zero-order valence-electron chi connectivity index (χ0n) is 10.8. The Balaban J connectivity index is 0.000000677. The molecule has 107 valence electrons. The molecule has 2 rings (SSSR count). The third-order valence-corrected chi connectivity index (χ3v) is 2.45. The summed E-state index contributed by atoms with van der Waals surface area (Å²) in [4.78, 5) is 25.9. The molecule has 8 heteroatoms. The van der Waals surface area contributed by atoms with Gasteiger partial charge in [-0.05, 0) is 0 Å². The van der Waals surface area contributed by atoms with Crippen molar-refractivity contribution in [2.45, 2.75) is 6.42 Å². The molecule has 21 heavy (non-hydrogen) atoms. The lowest BCUT2D eigenvalue weighted by molar-refractivity contribution is -0.385. The molecule has 0 aliphatic carbocycles. The van der Waals surface area contributed by atoms with E-state index in [9.17, 15) is 23.5 Å². The van der Waals surface area contributed by atoms with E-state index < -0.39 is 12.8 Å². The van der Waals surface area contributed by atoms with E-state index in [4.69, 9.17) is 0 Å². The Morgan fingerprint density at radius 2 is 1.86 bits per heavy atom. The van der Waals surface area contributed by atoms with Crippen LogP contribution >= 0.6 is 0 Å². The van der Waals surface area contributed by atoms with E-state index in [0.717, 1.165) is 0 Å². The third kappa shape index (κ3) is 5.47. The molecular formula is C13H10BF2N2O3. The van der Waals surface area contributed by atoms with Crippen molar-refractivity contribution in [2.75, 3.05) is 0 Å². The number of ketones is 1. The van der Waals surface area contributed by atoms with E-state index >= 15 is 0 Å². The molecule has 0 aliphatic heterocycles. The lowest BCUT2D eigenvalue weighted by Crippen LogP contribution is -2.05. The van der Waals surface area contributed by atoms with Crippen molar-refractivity contribution in [3.63, 3.8) is 0 Å². The quantitative estimate of drug-likeness (QED) is 0.376. The second-order valence-corrected chi connectivity index (χ2v) is 3.81. The SMILES string of the molecule is F[B]F.O=C(Cc1cc([N+](=O)[O-])ccn1)c1ccccc1. The second kappa shape index (κ2) is 8.52. The number of nitro groups is 1. The maximum atomic E-state index is 11.9. The lowest BCUT2D eigenvalue weighted by Gasteiger charge is -2.00. The number of halogens is 2. The summed E-state index contributed by atoms with van der Waals surface area (Å²) in [6.45, 7) is 0. The van der Waals surface area contributed by atoms with Crippen molar-refractivity contribution < 1.29 is 18.3 Å². The first-order valence-electron chi connectivity index (χ1n) is 5.78. The van der Waals surface area contributed by atoms with E-state index in [1.807, 2.05) is 6.07 Å². The molecule has 2 aromatic rings. The van der Waals surface area contributed by atoms with Crippen LogP contribution in [0.2, 0.25) is 0 Å². The van der Waals surface area contributed by atoms with Crippen LogP contribution in [-0.4, -0.2) is 23.5 Å². The predicted octanol–water partition coefficient (Wildman–Crippen LogP) is 2.87. The summed E-state index contributed by atoms with van der Waals surface area (Å²) in [6.07, 6.45) is 1.40. The van der Waals surface area contributed by atoms with Crippen molar-refractivity contribution in [1.82, 2.24) is 4.98 Å². The maximum Gasteiger partial charge on any atom is 0.577 e. The molecule has 1 aromatic heterocycles. The highest BCUT2D eigenvalue weighted by atomic mass is 19.2. The average molecular weight is 291 g/mol. The van der Waals surface area contributed by atoms with Gasteiger partial charge in [-0.1, -0.05) is 30.3 Å². The zero-order chi connectivity index (χ0) is 15.7. The summed E-state index contributed by atoms with van der Waals surface area (Å²) >= 11 is 0. The van der Waals surface area contributed by atoms with Crippen LogP contribution in [0.1, 0.15) is 16.1 Å². The van der Waals surface area contributed by atoms with Crippen molar-refractivity contribution in [2.24, 2.45) is 0 Å². The minimum atomic E-state index is -1.00. The summed E-state index contributed by atoms with van der Waals surface area (Å²) in [6, 6.07) is 11.4. The first-order valence-corrected chi connectivity index (χ1v) is 5.78. The Bertz CT molecular complexity index is 611. The lowest BCUT2D eigenvalue weighted by atomic mass is 10.1. The van der Waals surface area contributed by atoms with Crippen molar-refractivity contribution in [3.05, 3.63) is 70.0 Å². The minimum absolute atomic E-state index is 0.0548. The molecule has 0 N–H and O–H groups in total. The molecule has 1 radical (unpaired) electrons. The molecule has 0 fully saturated rings. The van der Waals surface area contributed by atoms with Gasteiger partial charge in [-0.15, -0.1) is 0 Å². The Hall–Kier alpha value is -2.64. The van der Waals surface area contributed by atoms with Gasteiger partial charge < -0.3 is 0 Å². The van der Waals surface area contributed by atoms with Crippen LogP contribution in [0.15, 0.2) is 48.7 Å². The Kier molecular flexibility index (Phi) is 6.66. The summed E-state index contributed by atoms with van der Waals surface area (Å²) in [5.74, 6) is -0.108. The highest BCUT2D eigenvalue weighted by molar-refractivity contribution is 6.15. The fraction of sp³-hybridized carbons (Fsp3) is 0.0769. The molecule has 1 heterocycles. The Morgan fingerprint density at radius 1 is 1.24 bits per heavy atom. The maximum absolute atomic E-state index is 11.9. The van der Waals surface area contributed by atoms with Gasteiger partial charge in [0.15, 0.2) is 5.78 Å². The first-order chi connectivity index (χ1) is 10.1. The summed E-state index contributed by atoms with van der Waals surface area (Å²) in [7, 11) is -1.00. The normalized spacial score (nSPS) is 9.24. The van der Waals surface area contributed by atoms with Crippen LogP contribution in [0.25, 0.3) is 0 Å². The fourth-order valence-corrected chi connectivity index (χ4v) is 1.57. The largest absolute Gasteiger partial charge is 0.577 e. The molecule has 0 saturated heterocycles. The van der Waals surface area contributed by atoms with Crippen molar-refractivity contribution in [1.29, 1.82) is 0 Å². The van der Waals surface area contributed by atoms with Gasteiger partial charge in [0.25, 0.3) is 5.69 Å². The van der Waals surface area contributed by atoms with E-state index in [0.29, 0.717) is 11.3 Å². The smallest absolute Gasteiger partial charge is 0.294 e. The van der Waals surface area contributed by atoms with Gasteiger partial charge in [0.2, 0.25) is 0 Å². The topological polar surface area (TPSA) is 73.1 Å². The van der Waals surface area contributed by atoms with Crippen LogP contribution in [0.3, 0.4) is 0 Å². The number of aromatic nitrogens is 1. The number of benzene rings is 1. The van der Waals surface area contributed by atoms with Crippen LogP contribution in [0.5, 0.6) is 0 Å². The van der Waals surface area contributed by atoms with E-state index in [1.165, 1.54) is 18.3 Å². The van der Waals surface area contributed by atoms with Crippen molar-refractivity contribution >= 4 is 19.3 Å². The van der Waals surface area contributed by atoms with Gasteiger partial charge in [0, 0.05) is 23.9 Å². The molecule has 1 aromatic carbocycles. The molecule has 0 spiro atoms. The average Bonchev–Trinajstić information content (AvgIpc) is 2.49. The molecule has 5 nitrogen and oxygen atoms in total.